The number of rotatable bonds is 4. The summed E-state index contributed by atoms with van der Waals surface area (Å²) in [5.41, 5.74) is 3.69. The van der Waals surface area contributed by atoms with E-state index in [2.05, 4.69) is 44.3 Å². The first-order valence-electron chi connectivity index (χ1n) is 6.07. The summed E-state index contributed by atoms with van der Waals surface area (Å²) in [5.74, 6) is 1.94. The number of hydrogen-bond acceptors (Lipinski definition) is 2. The molecule has 0 atom stereocenters. The van der Waals surface area contributed by atoms with Crippen LogP contribution < -0.4 is 5.32 Å². The van der Waals surface area contributed by atoms with Crippen molar-refractivity contribution < 1.29 is 4.42 Å². The maximum Gasteiger partial charge on any atom is 0.134 e. The molecule has 17 heavy (non-hydrogen) atoms. The van der Waals surface area contributed by atoms with E-state index in [1.807, 2.05) is 12.1 Å². The zero-order chi connectivity index (χ0) is 12.3. The second-order valence-electron chi connectivity index (χ2n) is 4.42. The van der Waals surface area contributed by atoms with Crippen molar-refractivity contribution in [1.82, 2.24) is 5.32 Å². The minimum absolute atomic E-state index is 0.793. The van der Waals surface area contributed by atoms with Gasteiger partial charge in [0.1, 0.15) is 11.5 Å². The summed E-state index contributed by atoms with van der Waals surface area (Å²) < 4.78 is 5.82. The van der Waals surface area contributed by atoms with Crippen LogP contribution in [0.15, 0.2) is 34.7 Å². The molecule has 1 N–H and O–H groups in total. The predicted molar refractivity (Wildman–Crippen MR) is 71.0 cm³/mol. The predicted octanol–water partition coefficient (Wildman–Crippen LogP) is 3.67. The van der Waals surface area contributed by atoms with E-state index < -0.39 is 0 Å². The van der Waals surface area contributed by atoms with Gasteiger partial charge in [-0.25, -0.2) is 0 Å². The average molecular weight is 229 g/mol. The van der Waals surface area contributed by atoms with Gasteiger partial charge in [-0.3, -0.25) is 0 Å². The maximum atomic E-state index is 5.82. The first kappa shape index (κ1) is 11.9. The molecule has 2 nitrogen and oxygen atoms in total. The van der Waals surface area contributed by atoms with Crippen molar-refractivity contribution in [1.29, 1.82) is 0 Å². The molecule has 0 aliphatic carbocycles. The van der Waals surface area contributed by atoms with Gasteiger partial charge in [0.2, 0.25) is 0 Å². The van der Waals surface area contributed by atoms with E-state index >= 15 is 0 Å². The topological polar surface area (TPSA) is 25.2 Å². The summed E-state index contributed by atoms with van der Waals surface area (Å²) in [6.07, 6.45) is 0. The van der Waals surface area contributed by atoms with Crippen molar-refractivity contribution in [3.63, 3.8) is 0 Å². The van der Waals surface area contributed by atoms with Gasteiger partial charge < -0.3 is 9.73 Å². The zero-order valence-electron chi connectivity index (χ0n) is 10.7. The van der Waals surface area contributed by atoms with Crippen LogP contribution in [0.2, 0.25) is 0 Å². The third-order valence-electron chi connectivity index (χ3n) is 2.72. The summed E-state index contributed by atoms with van der Waals surface area (Å²) >= 11 is 0. The summed E-state index contributed by atoms with van der Waals surface area (Å²) in [7, 11) is 0. The molecule has 1 aromatic heterocycles. The van der Waals surface area contributed by atoms with E-state index in [-0.39, 0.29) is 0 Å². The Bertz CT molecular complexity index is 479. The molecule has 0 aliphatic rings. The average Bonchev–Trinajstić information content (AvgIpc) is 2.73. The molecular weight excluding hydrogens is 210 g/mol. The van der Waals surface area contributed by atoms with E-state index in [4.69, 9.17) is 4.42 Å². The number of benzene rings is 1. The van der Waals surface area contributed by atoms with E-state index in [0.717, 1.165) is 30.2 Å². The highest BCUT2D eigenvalue weighted by Gasteiger charge is 2.05. The summed E-state index contributed by atoms with van der Waals surface area (Å²) in [6, 6.07) is 10.6. The van der Waals surface area contributed by atoms with Crippen LogP contribution in [-0.2, 0) is 6.54 Å². The second-order valence-corrected chi connectivity index (χ2v) is 4.42. The van der Waals surface area contributed by atoms with Crippen molar-refractivity contribution in [2.75, 3.05) is 6.54 Å². The standard InChI is InChI=1S/C15H19NO/c1-4-16-10-14-5-6-15(17-14)13-8-11(2)7-12(3)9-13/h5-9,16H,4,10H2,1-3H3. The number of aryl methyl sites for hydroxylation is 2. The van der Waals surface area contributed by atoms with Crippen molar-refractivity contribution in [3.8, 4) is 11.3 Å². The van der Waals surface area contributed by atoms with Crippen LogP contribution in [0.1, 0.15) is 23.8 Å². The smallest absolute Gasteiger partial charge is 0.134 e. The number of nitrogens with one attached hydrogen (secondary N) is 1. The summed E-state index contributed by atoms with van der Waals surface area (Å²) in [4.78, 5) is 0. The number of hydrogen-bond donors (Lipinski definition) is 1. The van der Waals surface area contributed by atoms with Crippen LogP contribution in [0.3, 0.4) is 0 Å². The Labute approximate surface area is 103 Å². The SMILES string of the molecule is CCNCc1ccc(-c2cc(C)cc(C)c2)o1. The molecule has 2 heteroatoms. The van der Waals surface area contributed by atoms with Crippen molar-refractivity contribution in [2.45, 2.75) is 27.3 Å². The van der Waals surface area contributed by atoms with Crippen LogP contribution in [0.4, 0.5) is 0 Å². The van der Waals surface area contributed by atoms with E-state index in [9.17, 15) is 0 Å². The Morgan fingerprint density at radius 1 is 1.06 bits per heavy atom. The van der Waals surface area contributed by atoms with Crippen LogP contribution >= 0.6 is 0 Å². The van der Waals surface area contributed by atoms with Crippen LogP contribution in [-0.4, -0.2) is 6.54 Å². The van der Waals surface area contributed by atoms with Crippen molar-refractivity contribution in [2.24, 2.45) is 0 Å². The Morgan fingerprint density at radius 3 is 2.41 bits per heavy atom. The second kappa shape index (κ2) is 5.19. The minimum Gasteiger partial charge on any atom is -0.460 e. The molecule has 1 heterocycles. The van der Waals surface area contributed by atoms with Gasteiger partial charge in [0.05, 0.1) is 6.54 Å². The monoisotopic (exact) mass is 229 g/mol. The molecule has 2 aromatic rings. The van der Waals surface area contributed by atoms with Gasteiger partial charge in [0.25, 0.3) is 0 Å². The third kappa shape index (κ3) is 2.98. The van der Waals surface area contributed by atoms with E-state index in [1.165, 1.54) is 11.1 Å². The fourth-order valence-electron chi connectivity index (χ4n) is 1.99. The molecule has 0 bridgehead atoms. The number of furan rings is 1. The first-order valence-corrected chi connectivity index (χ1v) is 6.07. The molecule has 0 saturated carbocycles. The van der Waals surface area contributed by atoms with Crippen LogP contribution in [0.5, 0.6) is 0 Å². The lowest BCUT2D eigenvalue weighted by Crippen LogP contribution is -2.10. The van der Waals surface area contributed by atoms with Crippen LogP contribution in [0, 0.1) is 13.8 Å². The van der Waals surface area contributed by atoms with Gasteiger partial charge in [-0.15, -0.1) is 0 Å². The van der Waals surface area contributed by atoms with Gasteiger partial charge in [0, 0.05) is 5.56 Å². The molecule has 0 saturated heterocycles. The molecular formula is C15H19NO. The molecule has 0 aliphatic heterocycles. The maximum absolute atomic E-state index is 5.82. The molecule has 90 valence electrons. The highest BCUT2D eigenvalue weighted by molar-refractivity contribution is 5.59. The lowest BCUT2D eigenvalue weighted by molar-refractivity contribution is 0.498. The lowest BCUT2D eigenvalue weighted by atomic mass is 10.1. The molecule has 0 fully saturated rings. The third-order valence-corrected chi connectivity index (χ3v) is 2.72. The molecule has 0 radical (unpaired) electrons. The van der Waals surface area contributed by atoms with Gasteiger partial charge in [-0.2, -0.15) is 0 Å². The fourth-order valence-corrected chi connectivity index (χ4v) is 1.99. The van der Waals surface area contributed by atoms with E-state index in [0.29, 0.717) is 0 Å². The Balaban J connectivity index is 2.24. The highest BCUT2D eigenvalue weighted by atomic mass is 16.3. The van der Waals surface area contributed by atoms with Crippen molar-refractivity contribution >= 4 is 0 Å². The fraction of sp³-hybridized carbons (Fsp3) is 0.333. The Hall–Kier alpha value is -1.54. The van der Waals surface area contributed by atoms with Crippen molar-refractivity contribution in [3.05, 3.63) is 47.2 Å². The van der Waals surface area contributed by atoms with Gasteiger partial charge >= 0.3 is 0 Å². The van der Waals surface area contributed by atoms with Gasteiger partial charge in [-0.05, 0) is 44.7 Å². The highest BCUT2D eigenvalue weighted by Crippen LogP contribution is 2.24. The molecule has 0 amide bonds. The quantitative estimate of drug-likeness (QED) is 0.865. The van der Waals surface area contributed by atoms with Crippen LogP contribution in [0.25, 0.3) is 11.3 Å². The minimum atomic E-state index is 0.793. The lowest BCUT2D eigenvalue weighted by Gasteiger charge is -2.02. The molecule has 1 aromatic carbocycles. The summed E-state index contributed by atoms with van der Waals surface area (Å²) in [5, 5.41) is 3.26. The largest absolute Gasteiger partial charge is 0.460 e. The van der Waals surface area contributed by atoms with Gasteiger partial charge in [-0.1, -0.05) is 24.1 Å². The molecule has 2 rings (SSSR count). The Kier molecular flexibility index (Phi) is 3.64. The zero-order valence-corrected chi connectivity index (χ0v) is 10.7. The first-order chi connectivity index (χ1) is 8.19. The molecule has 0 unspecified atom stereocenters. The molecule has 0 spiro atoms. The Morgan fingerprint density at radius 2 is 1.76 bits per heavy atom. The summed E-state index contributed by atoms with van der Waals surface area (Å²) in [6.45, 7) is 8.06. The van der Waals surface area contributed by atoms with Gasteiger partial charge in [0.15, 0.2) is 0 Å². The normalized spacial score (nSPS) is 10.8. The van der Waals surface area contributed by atoms with E-state index in [1.54, 1.807) is 0 Å².